The number of aromatic nitrogens is 2. The summed E-state index contributed by atoms with van der Waals surface area (Å²) in [7, 11) is 0. The van der Waals surface area contributed by atoms with Crippen molar-refractivity contribution in [3.8, 4) is 0 Å². The molecule has 0 saturated heterocycles. The van der Waals surface area contributed by atoms with Gasteiger partial charge >= 0.3 is 0 Å². The fourth-order valence-corrected chi connectivity index (χ4v) is 2.00. The van der Waals surface area contributed by atoms with E-state index in [1.54, 1.807) is 0 Å². The largest absolute Gasteiger partial charge is 0.384 e. The van der Waals surface area contributed by atoms with Crippen molar-refractivity contribution >= 4 is 5.82 Å². The maximum absolute atomic E-state index is 6.08. The molecule has 90 valence electrons. The van der Waals surface area contributed by atoms with E-state index >= 15 is 0 Å². The summed E-state index contributed by atoms with van der Waals surface area (Å²) in [5.74, 6) is 1.88. The number of nitrogen functional groups attached to an aromatic ring is 1. The molecule has 2 rings (SSSR count). The highest BCUT2D eigenvalue weighted by atomic mass is 15.1. The number of nitrogens with two attached hydrogens (primary N) is 1. The van der Waals surface area contributed by atoms with Gasteiger partial charge < -0.3 is 10.3 Å². The molecule has 0 atom stereocenters. The number of hydrogen-bond donors (Lipinski definition) is 1. The minimum atomic E-state index is 0.789. The van der Waals surface area contributed by atoms with Gasteiger partial charge in [-0.15, -0.1) is 0 Å². The van der Waals surface area contributed by atoms with Gasteiger partial charge in [0, 0.05) is 6.42 Å². The minimum Gasteiger partial charge on any atom is -0.384 e. The van der Waals surface area contributed by atoms with Crippen LogP contribution in [0.5, 0.6) is 0 Å². The molecule has 0 amide bonds. The van der Waals surface area contributed by atoms with Gasteiger partial charge in [-0.3, -0.25) is 0 Å². The molecule has 0 bridgehead atoms. The molecule has 0 radical (unpaired) electrons. The summed E-state index contributed by atoms with van der Waals surface area (Å²) in [6, 6.07) is 10.4. The van der Waals surface area contributed by atoms with Crippen LogP contribution < -0.4 is 5.73 Å². The monoisotopic (exact) mass is 229 g/mol. The van der Waals surface area contributed by atoms with Gasteiger partial charge in [-0.2, -0.15) is 0 Å². The molecule has 17 heavy (non-hydrogen) atoms. The first kappa shape index (κ1) is 11.7. The fourth-order valence-electron chi connectivity index (χ4n) is 2.00. The molecule has 0 aliphatic rings. The van der Waals surface area contributed by atoms with Crippen LogP contribution in [-0.2, 0) is 13.0 Å². The summed E-state index contributed by atoms with van der Waals surface area (Å²) in [6.07, 6.45) is 2.07. The van der Waals surface area contributed by atoms with Crippen molar-refractivity contribution in [3.05, 3.63) is 47.4 Å². The lowest BCUT2D eigenvalue weighted by Gasteiger charge is -2.09. The number of benzene rings is 1. The molecule has 0 unspecified atom stereocenters. The second-order valence-corrected chi connectivity index (χ2v) is 4.32. The normalized spacial score (nSPS) is 10.7. The second kappa shape index (κ2) is 5.04. The molecule has 2 aromatic rings. The number of nitrogens with zero attached hydrogens (tertiary/aromatic N) is 2. The van der Waals surface area contributed by atoms with Crippen molar-refractivity contribution in [2.24, 2.45) is 0 Å². The lowest BCUT2D eigenvalue weighted by molar-refractivity contribution is 0.712. The second-order valence-electron chi connectivity index (χ2n) is 4.32. The van der Waals surface area contributed by atoms with Crippen molar-refractivity contribution in [1.82, 2.24) is 9.55 Å². The molecule has 0 saturated carbocycles. The molecule has 0 fully saturated rings. The van der Waals surface area contributed by atoms with Gasteiger partial charge in [0.05, 0.1) is 12.2 Å². The van der Waals surface area contributed by atoms with Gasteiger partial charge in [0.1, 0.15) is 11.6 Å². The smallest absolute Gasteiger partial charge is 0.126 e. The molecule has 1 heterocycles. The Morgan fingerprint density at radius 1 is 1.24 bits per heavy atom. The van der Waals surface area contributed by atoms with Crippen molar-refractivity contribution in [2.75, 3.05) is 5.73 Å². The van der Waals surface area contributed by atoms with Crippen LogP contribution in [0.25, 0.3) is 0 Å². The number of aryl methyl sites for hydroxylation is 2. The fraction of sp³-hybridized carbons (Fsp3) is 0.357. The third kappa shape index (κ3) is 2.49. The van der Waals surface area contributed by atoms with E-state index < -0.39 is 0 Å². The zero-order valence-electron chi connectivity index (χ0n) is 10.5. The van der Waals surface area contributed by atoms with E-state index in [-0.39, 0.29) is 0 Å². The van der Waals surface area contributed by atoms with Crippen molar-refractivity contribution < 1.29 is 0 Å². The zero-order chi connectivity index (χ0) is 12.3. The van der Waals surface area contributed by atoms with E-state index in [1.165, 1.54) is 5.56 Å². The van der Waals surface area contributed by atoms with Gasteiger partial charge in [-0.1, -0.05) is 37.3 Å². The number of anilines is 1. The number of rotatable bonds is 4. The van der Waals surface area contributed by atoms with Crippen molar-refractivity contribution in [1.29, 1.82) is 0 Å². The molecule has 2 N–H and O–H groups in total. The Labute approximate surface area is 102 Å². The van der Waals surface area contributed by atoms with Crippen LogP contribution >= 0.6 is 0 Å². The van der Waals surface area contributed by atoms with Crippen LogP contribution in [0.3, 0.4) is 0 Å². The summed E-state index contributed by atoms with van der Waals surface area (Å²) in [5.41, 5.74) is 8.27. The minimum absolute atomic E-state index is 0.789. The van der Waals surface area contributed by atoms with E-state index in [4.69, 9.17) is 5.73 Å². The maximum Gasteiger partial charge on any atom is 0.126 e. The van der Waals surface area contributed by atoms with Gasteiger partial charge in [-0.05, 0) is 18.9 Å². The highest BCUT2D eigenvalue weighted by molar-refractivity contribution is 5.38. The Bertz CT molecular complexity index is 486. The summed E-state index contributed by atoms with van der Waals surface area (Å²) >= 11 is 0. The Hall–Kier alpha value is -1.77. The predicted molar refractivity (Wildman–Crippen MR) is 70.9 cm³/mol. The van der Waals surface area contributed by atoms with E-state index in [9.17, 15) is 0 Å². The summed E-state index contributed by atoms with van der Waals surface area (Å²) < 4.78 is 2.12. The third-order valence-corrected chi connectivity index (χ3v) is 2.93. The highest BCUT2D eigenvalue weighted by Gasteiger charge is 2.10. The molecule has 3 heteroatoms. The quantitative estimate of drug-likeness (QED) is 0.876. The molecule has 1 aromatic heterocycles. The topological polar surface area (TPSA) is 43.8 Å². The van der Waals surface area contributed by atoms with Crippen LogP contribution in [0.4, 0.5) is 5.82 Å². The maximum atomic E-state index is 6.08. The number of hydrogen-bond acceptors (Lipinski definition) is 2. The SMILES string of the molecule is CCCc1nc(C)c(N)n1Cc1ccccc1. The van der Waals surface area contributed by atoms with Gasteiger partial charge in [0.2, 0.25) is 0 Å². The third-order valence-electron chi connectivity index (χ3n) is 2.93. The average molecular weight is 229 g/mol. The first-order valence-electron chi connectivity index (χ1n) is 6.07. The lowest BCUT2D eigenvalue weighted by atomic mass is 10.2. The molecule has 0 aliphatic heterocycles. The first-order valence-corrected chi connectivity index (χ1v) is 6.07. The lowest BCUT2D eigenvalue weighted by Crippen LogP contribution is -2.08. The number of imidazole rings is 1. The Kier molecular flexibility index (Phi) is 3.47. The molecular weight excluding hydrogens is 210 g/mol. The molecule has 0 spiro atoms. The Balaban J connectivity index is 2.31. The van der Waals surface area contributed by atoms with E-state index in [1.807, 2.05) is 13.0 Å². The highest BCUT2D eigenvalue weighted by Crippen LogP contribution is 2.17. The van der Waals surface area contributed by atoms with Crippen LogP contribution in [0.15, 0.2) is 30.3 Å². The molecule has 1 aromatic carbocycles. The first-order chi connectivity index (χ1) is 8.22. The van der Waals surface area contributed by atoms with Gasteiger partial charge in [0.15, 0.2) is 0 Å². The van der Waals surface area contributed by atoms with Crippen LogP contribution in [-0.4, -0.2) is 9.55 Å². The average Bonchev–Trinajstić information content (AvgIpc) is 2.59. The Morgan fingerprint density at radius 2 is 1.94 bits per heavy atom. The zero-order valence-corrected chi connectivity index (χ0v) is 10.5. The van der Waals surface area contributed by atoms with Gasteiger partial charge in [0.25, 0.3) is 0 Å². The summed E-state index contributed by atoms with van der Waals surface area (Å²) in [6.45, 7) is 4.94. The standard InChI is InChI=1S/C14H19N3/c1-3-7-13-16-11(2)14(15)17(13)10-12-8-5-4-6-9-12/h4-6,8-9H,3,7,10,15H2,1-2H3. The van der Waals surface area contributed by atoms with E-state index in [0.29, 0.717) is 0 Å². The molecule has 3 nitrogen and oxygen atoms in total. The van der Waals surface area contributed by atoms with Crippen LogP contribution in [0.1, 0.15) is 30.4 Å². The summed E-state index contributed by atoms with van der Waals surface area (Å²) in [5, 5.41) is 0. The van der Waals surface area contributed by atoms with E-state index in [0.717, 1.165) is 36.7 Å². The summed E-state index contributed by atoms with van der Waals surface area (Å²) in [4.78, 5) is 4.53. The molecular formula is C14H19N3. The van der Waals surface area contributed by atoms with Crippen LogP contribution in [0, 0.1) is 6.92 Å². The van der Waals surface area contributed by atoms with Crippen molar-refractivity contribution in [2.45, 2.75) is 33.2 Å². The van der Waals surface area contributed by atoms with Gasteiger partial charge in [-0.25, -0.2) is 4.98 Å². The predicted octanol–water partition coefficient (Wildman–Crippen LogP) is 2.77. The van der Waals surface area contributed by atoms with Crippen molar-refractivity contribution in [3.63, 3.8) is 0 Å². The molecule has 0 aliphatic carbocycles. The Morgan fingerprint density at radius 3 is 2.59 bits per heavy atom. The van der Waals surface area contributed by atoms with Crippen LogP contribution in [0.2, 0.25) is 0 Å². The van der Waals surface area contributed by atoms with E-state index in [2.05, 4.69) is 40.7 Å².